The van der Waals surface area contributed by atoms with E-state index in [1.165, 1.54) is 5.01 Å². The average Bonchev–Trinajstić information content (AvgIpc) is 3.62. The molecule has 2 aromatic rings. The predicted octanol–water partition coefficient (Wildman–Crippen LogP) is 5.16. The summed E-state index contributed by atoms with van der Waals surface area (Å²) in [5, 5.41) is 4.06. The molecule has 0 radical (unpaired) electrons. The molecule has 1 aliphatic carbocycles. The van der Waals surface area contributed by atoms with Crippen molar-refractivity contribution in [1.29, 1.82) is 0 Å². The summed E-state index contributed by atoms with van der Waals surface area (Å²) < 4.78 is 5.36. The van der Waals surface area contributed by atoms with Gasteiger partial charge in [-0.15, -0.1) is 0 Å². The number of carbonyl (C=O) groups is 3. The number of carbonyl (C=O) groups excluding carboxylic acids is 3. The van der Waals surface area contributed by atoms with Crippen molar-refractivity contribution in [1.82, 2.24) is 10.7 Å². The first-order chi connectivity index (χ1) is 16.5. The molecule has 1 heterocycles. The zero-order chi connectivity index (χ0) is 25.3. The normalized spacial score (nSPS) is 18.3. The van der Waals surface area contributed by atoms with Gasteiger partial charge in [-0.25, -0.2) is 9.80 Å². The van der Waals surface area contributed by atoms with Crippen LogP contribution in [0.1, 0.15) is 65.4 Å². The molecule has 2 aromatic carbocycles. The molecule has 0 spiro atoms. The van der Waals surface area contributed by atoms with Gasteiger partial charge in [-0.3, -0.25) is 15.0 Å². The number of nitrogens with zero attached hydrogens (tertiary/aromatic N) is 1. The molecule has 35 heavy (non-hydrogen) atoms. The lowest BCUT2D eigenvalue weighted by Crippen LogP contribution is -2.57. The molecule has 2 aliphatic rings. The maximum atomic E-state index is 14.0. The Hall–Kier alpha value is -3.35. The second kappa shape index (κ2) is 9.72. The van der Waals surface area contributed by atoms with Crippen LogP contribution < -0.4 is 15.8 Å². The smallest absolute Gasteiger partial charge is 0.408 e. The third-order valence-corrected chi connectivity index (χ3v) is 6.40. The number of hydrogen-bond donors (Lipinski definition) is 2. The van der Waals surface area contributed by atoms with Crippen LogP contribution in [0.25, 0.3) is 11.1 Å². The minimum Gasteiger partial charge on any atom is -0.444 e. The summed E-state index contributed by atoms with van der Waals surface area (Å²) in [6.45, 7) is 8.97. The fraction of sp³-hybridized carbons (Fsp3) is 0.464. The van der Waals surface area contributed by atoms with Gasteiger partial charge in [0.2, 0.25) is 0 Å². The number of ether oxygens (including phenoxy) is 1. The first-order valence-electron chi connectivity index (χ1n) is 12.4. The van der Waals surface area contributed by atoms with Crippen LogP contribution in [0.15, 0.2) is 48.5 Å². The largest absolute Gasteiger partial charge is 0.444 e. The summed E-state index contributed by atoms with van der Waals surface area (Å²) in [7, 11) is 0. The number of hydrazine groups is 1. The molecule has 186 valence electrons. The number of nitrogens with one attached hydrogen (secondary N) is 2. The second-order valence-electron chi connectivity index (χ2n) is 10.9. The summed E-state index contributed by atoms with van der Waals surface area (Å²) in [5.74, 6) is -0.692. The topological polar surface area (TPSA) is 87.7 Å². The molecule has 7 nitrogen and oxygen atoms in total. The van der Waals surface area contributed by atoms with E-state index in [0.29, 0.717) is 11.6 Å². The summed E-state index contributed by atoms with van der Waals surface area (Å²) >= 11 is 0. The van der Waals surface area contributed by atoms with E-state index in [4.69, 9.17) is 4.74 Å². The van der Waals surface area contributed by atoms with E-state index in [-0.39, 0.29) is 17.7 Å². The van der Waals surface area contributed by atoms with Crippen LogP contribution in [-0.4, -0.2) is 29.6 Å². The number of rotatable bonds is 6. The van der Waals surface area contributed by atoms with Crippen LogP contribution in [0, 0.1) is 11.8 Å². The molecule has 4 rings (SSSR count). The third kappa shape index (κ3) is 5.66. The quantitative estimate of drug-likeness (QED) is 0.601. The van der Waals surface area contributed by atoms with Gasteiger partial charge in [0.15, 0.2) is 0 Å². The zero-order valence-electron chi connectivity index (χ0n) is 21.1. The van der Waals surface area contributed by atoms with Crippen molar-refractivity contribution in [2.24, 2.45) is 11.8 Å². The van der Waals surface area contributed by atoms with E-state index < -0.39 is 23.6 Å². The Morgan fingerprint density at radius 1 is 1.03 bits per heavy atom. The fourth-order valence-corrected chi connectivity index (χ4v) is 4.53. The Kier molecular flexibility index (Phi) is 6.88. The molecule has 0 aromatic heterocycles. The highest BCUT2D eigenvalue weighted by Crippen LogP contribution is 2.45. The van der Waals surface area contributed by atoms with Gasteiger partial charge in [-0.05, 0) is 56.2 Å². The minimum absolute atomic E-state index is 0.164. The van der Waals surface area contributed by atoms with Gasteiger partial charge < -0.3 is 10.1 Å². The Balaban J connectivity index is 1.67. The third-order valence-electron chi connectivity index (χ3n) is 6.40. The Morgan fingerprint density at radius 2 is 1.66 bits per heavy atom. The van der Waals surface area contributed by atoms with E-state index in [1.807, 2.05) is 62.4 Å². The first kappa shape index (κ1) is 24.8. The summed E-state index contributed by atoms with van der Waals surface area (Å²) in [4.78, 5) is 39.9. The molecule has 1 fully saturated rings. The molecule has 0 saturated heterocycles. The molecule has 0 bridgehead atoms. The van der Waals surface area contributed by atoms with Crippen molar-refractivity contribution in [2.45, 2.75) is 71.4 Å². The van der Waals surface area contributed by atoms with E-state index in [9.17, 15) is 14.4 Å². The van der Waals surface area contributed by atoms with Gasteiger partial charge in [0.25, 0.3) is 11.8 Å². The number of fused-ring (bicyclic) bond motifs is 3. The molecule has 2 N–H and O–H groups in total. The molecule has 1 unspecified atom stereocenters. The summed E-state index contributed by atoms with van der Waals surface area (Å²) in [5.41, 5.74) is 5.66. The number of hydrogen-bond acceptors (Lipinski definition) is 4. The summed E-state index contributed by atoms with van der Waals surface area (Å²) in [6.07, 6.45) is 2.33. The van der Waals surface area contributed by atoms with Crippen LogP contribution in [0.2, 0.25) is 0 Å². The number of amides is 3. The van der Waals surface area contributed by atoms with Gasteiger partial charge in [-0.2, -0.15) is 0 Å². The van der Waals surface area contributed by atoms with Crippen molar-refractivity contribution >= 4 is 23.6 Å². The van der Waals surface area contributed by atoms with Crippen LogP contribution in [0.4, 0.5) is 10.5 Å². The van der Waals surface area contributed by atoms with E-state index >= 15 is 0 Å². The van der Waals surface area contributed by atoms with Crippen molar-refractivity contribution in [3.8, 4) is 11.1 Å². The fourth-order valence-electron chi connectivity index (χ4n) is 4.53. The Labute approximate surface area is 207 Å². The maximum absolute atomic E-state index is 14.0. The molecular formula is C28H35N3O4. The van der Waals surface area contributed by atoms with E-state index in [0.717, 1.165) is 36.0 Å². The lowest BCUT2D eigenvalue weighted by atomic mass is 9.88. The predicted molar refractivity (Wildman–Crippen MR) is 136 cm³/mol. The van der Waals surface area contributed by atoms with E-state index in [1.54, 1.807) is 20.8 Å². The minimum atomic E-state index is -0.877. The standard InChI is InChI=1S/C28H35N3O4/c1-17(2)24(29-27(34)35-28(3,4)5)25(32)30-31-23-13-9-8-12-21(23)19-10-6-7-11-20(19)22(26(31)33)16-18-14-15-18/h6-13,17-18,22,24H,14-16H2,1-5H3,(H,29,34)(H,30,32)/t22?,24-/m0/s1. The van der Waals surface area contributed by atoms with Crippen LogP contribution in [-0.2, 0) is 14.3 Å². The van der Waals surface area contributed by atoms with Crippen molar-refractivity contribution in [3.63, 3.8) is 0 Å². The second-order valence-corrected chi connectivity index (χ2v) is 10.9. The van der Waals surface area contributed by atoms with Gasteiger partial charge in [0.05, 0.1) is 11.6 Å². The highest BCUT2D eigenvalue weighted by molar-refractivity contribution is 6.07. The van der Waals surface area contributed by atoms with Gasteiger partial charge in [0, 0.05) is 5.56 Å². The highest BCUT2D eigenvalue weighted by atomic mass is 16.6. The van der Waals surface area contributed by atoms with Gasteiger partial charge in [0.1, 0.15) is 11.6 Å². The van der Waals surface area contributed by atoms with Gasteiger partial charge >= 0.3 is 6.09 Å². The zero-order valence-corrected chi connectivity index (χ0v) is 21.1. The van der Waals surface area contributed by atoms with Crippen molar-refractivity contribution in [2.75, 3.05) is 5.01 Å². The number of anilines is 1. The molecule has 1 aliphatic heterocycles. The van der Waals surface area contributed by atoms with Crippen LogP contribution in [0.3, 0.4) is 0 Å². The van der Waals surface area contributed by atoms with Crippen LogP contribution in [0.5, 0.6) is 0 Å². The van der Waals surface area contributed by atoms with Crippen molar-refractivity contribution < 1.29 is 19.1 Å². The maximum Gasteiger partial charge on any atom is 0.408 e. The molecule has 1 saturated carbocycles. The molecule has 3 amide bonds. The SMILES string of the molecule is CC(C)[C@H](NC(=O)OC(C)(C)C)C(=O)NN1C(=O)C(CC2CC2)c2ccccc2-c2ccccc21. The average molecular weight is 478 g/mol. The lowest BCUT2D eigenvalue weighted by molar-refractivity contribution is -0.128. The van der Waals surface area contributed by atoms with Crippen LogP contribution >= 0.6 is 0 Å². The Bertz CT molecular complexity index is 1120. The summed E-state index contributed by atoms with van der Waals surface area (Å²) in [6, 6.07) is 14.7. The molecule has 7 heteroatoms. The number of para-hydroxylation sites is 1. The molecular weight excluding hydrogens is 442 g/mol. The van der Waals surface area contributed by atoms with Crippen molar-refractivity contribution in [3.05, 3.63) is 54.1 Å². The monoisotopic (exact) mass is 477 g/mol. The van der Waals surface area contributed by atoms with Gasteiger partial charge in [-0.1, -0.05) is 69.2 Å². The number of benzene rings is 2. The lowest BCUT2D eigenvalue weighted by Gasteiger charge is -2.30. The first-order valence-corrected chi connectivity index (χ1v) is 12.4. The highest BCUT2D eigenvalue weighted by Gasteiger charge is 2.39. The number of alkyl carbamates (subject to hydrolysis) is 1. The Morgan fingerprint density at radius 3 is 2.29 bits per heavy atom. The molecule has 2 atom stereocenters. The van der Waals surface area contributed by atoms with E-state index in [2.05, 4.69) is 10.7 Å².